The van der Waals surface area contributed by atoms with Crippen molar-refractivity contribution in [3.8, 4) is 5.75 Å². The number of carbonyl (C=O) groups excluding carboxylic acids is 1. The number of benzene rings is 2. The van der Waals surface area contributed by atoms with Crippen LogP contribution in [0.3, 0.4) is 0 Å². The number of sulfonamides is 1. The van der Waals surface area contributed by atoms with Gasteiger partial charge >= 0.3 is 0 Å². The fourth-order valence-electron chi connectivity index (χ4n) is 2.05. The second kappa shape index (κ2) is 8.43. The van der Waals surface area contributed by atoms with Crippen molar-refractivity contribution in [3.05, 3.63) is 58.3 Å². The van der Waals surface area contributed by atoms with Crippen molar-refractivity contribution in [1.82, 2.24) is 4.72 Å². The quantitative estimate of drug-likeness (QED) is 0.672. The predicted molar refractivity (Wildman–Crippen MR) is 101 cm³/mol. The number of hydrogen-bond acceptors (Lipinski definition) is 4. The zero-order chi connectivity index (χ0) is 19.3. The van der Waals surface area contributed by atoms with E-state index in [2.05, 4.69) is 26.0 Å². The minimum atomic E-state index is -3.72. The molecule has 0 spiro atoms. The number of rotatable bonds is 6. The maximum absolute atomic E-state index is 13.7. The highest BCUT2D eigenvalue weighted by molar-refractivity contribution is 9.10. The van der Waals surface area contributed by atoms with E-state index >= 15 is 0 Å². The molecule has 0 atom stereocenters. The molecule has 1 amide bonds. The Hall–Kier alpha value is -2.23. The molecule has 2 aromatic rings. The van der Waals surface area contributed by atoms with Gasteiger partial charge in [0, 0.05) is 10.5 Å². The highest BCUT2D eigenvalue weighted by Crippen LogP contribution is 2.25. The van der Waals surface area contributed by atoms with E-state index in [0.29, 0.717) is 10.0 Å². The Bertz CT molecular complexity index is 961. The fraction of sp³-hybridized carbons (Fsp3) is 0.118. The average molecular weight is 443 g/mol. The minimum Gasteiger partial charge on any atom is -0.495 e. The van der Waals surface area contributed by atoms with E-state index in [1.54, 1.807) is 12.1 Å². The third kappa shape index (κ3) is 4.90. The molecule has 0 fully saturated rings. The zero-order valence-electron chi connectivity index (χ0n) is 13.9. The first kappa shape index (κ1) is 20.1. The van der Waals surface area contributed by atoms with Gasteiger partial charge < -0.3 is 10.1 Å². The lowest BCUT2D eigenvalue weighted by Gasteiger charge is -2.09. The molecule has 0 aliphatic rings. The zero-order valence-corrected chi connectivity index (χ0v) is 16.3. The number of halogens is 2. The summed E-state index contributed by atoms with van der Waals surface area (Å²) in [5.74, 6) is -0.953. The average Bonchev–Trinajstić information content (AvgIpc) is 2.62. The van der Waals surface area contributed by atoms with E-state index in [0.717, 1.165) is 0 Å². The van der Waals surface area contributed by atoms with Gasteiger partial charge in [0.2, 0.25) is 15.9 Å². The van der Waals surface area contributed by atoms with Crippen LogP contribution in [-0.4, -0.2) is 28.5 Å². The number of carbonyl (C=O) groups is 1. The van der Waals surface area contributed by atoms with Crippen LogP contribution in [0.15, 0.2) is 51.8 Å². The van der Waals surface area contributed by atoms with Crippen molar-refractivity contribution in [1.29, 1.82) is 0 Å². The molecule has 0 radical (unpaired) electrons. The molecule has 0 aliphatic heterocycles. The summed E-state index contributed by atoms with van der Waals surface area (Å²) in [6.07, 6.45) is 2.60. The normalized spacial score (nSPS) is 11.5. The van der Waals surface area contributed by atoms with Crippen LogP contribution in [0.4, 0.5) is 10.1 Å². The van der Waals surface area contributed by atoms with E-state index in [1.165, 1.54) is 50.6 Å². The summed E-state index contributed by atoms with van der Waals surface area (Å²) in [7, 11) is -1.07. The molecule has 9 heteroatoms. The molecule has 0 aliphatic carbocycles. The molecule has 2 N–H and O–H groups in total. The van der Waals surface area contributed by atoms with Crippen LogP contribution in [0.25, 0.3) is 6.08 Å². The molecule has 0 unspecified atom stereocenters. The van der Waals surface area contributed by atoms with E-state index in [4.69, 9.17) is 4.74 Å². The summed E-state index contributed by atoms with van der Waals surface area (Å²) in [5, 5.41) is 2.41. The summed E-state index contributed by atoms with van der Waals surface area (Å²) >= 11 is 3.13. The van der Waals surface area contributed by atoms with Gasteiger partial charge in [-0.05, 0) is 49.0 Å². The summed E-state index contributed by atoms with van der Waals surface area (Å²) < 4.78 is 45.6. The maximum Gasteiger partial charge on any atom is 0.248 e. The first-order valence-electron chi connectivity index (χ1n) is 7.32. The summed E-state index contributed by atoms with van der Waals surface area (Å²) in [6, 6.07) is 8.71. The Morgan fingerprint density at radius 2 is 1.96 bits per heavy atom. The predicted octanol–water partition coefficient (Wildman–Crippen LogP) is 3.16. The number of anilines is 1. The SMILES string of the molecule is CNS(=O)(=O)c1cc(/C=C/C(=O)Nc2ccc(Br)cc2F)ccc1OC. The topological polar surface area (TPSA) is 84.5 Å². The van der Waals surface area contributed by atoms with E-state index in [1.807, 2.05) is 0 Å². The lowest BCUT2D eigenvalue weighted by molar-refractivity contribution is -0.111. The van der Waals surface area contributed by atoms with Crippen molar-refractivity contribution < 1.29 is 22.3 Å². The van der Waals surface area contributed by atoms with Gasteiger partial charge in [0.05, 0.1) is 12.8 Å². The van der Waals surface area contributed by atoms with Gasteiger partial charge in [0.15, 0.2) is 0 Å². The first-order chi connectivity index (χ1) is 12.3. The summed E-state index contributed by atoms with van der Waals surface area (Å²) in [5.41, 5.74) is 0.502. The monoisotopic (exact) mass is 442 g/mol. The first-order valence-corrected chi connectivity index (χ1v) is 9.60. The lowest BCUT2D eigenvalue weighted by atomic mass is 10.2. The van der Waals surface area contributed by atoms with E-state index in [-0.39, 0.29) is 16.3 Å². The Morgan fingerprint density at radius 3 is 2.58 bits per heavy atom. The fourth-order valence-corrected chi connectivity index (χ4v) is 3.31. The second-order valence-corrected chi connectivity index (χ2v) is 7.84. The van der Waals surface area contributed by atoms with Gasteiger partial charge in [-0.15, -0.1) is 0 Å². The van der Waals surface area contributed by atoms with Gasteiger partial charge in [-0.25, -0.2) is 17.5 Å². The Kier molecular flexibility index (Phi) is 6.52. The molecular formula is C17H16BrFN2O4S. The summed E-state index contributed by atoms with van der Waals surface area (Å²) in [4.78, 5) is 11.9. The van der Waals surface area contributed by atoms with Gasteiger partial charge in [-0.3, -0.25) is 4.79 Å². The summed E-state index contributed by atoms with van der Waals surface area (Å²) in [6.45, 7) is 0. The van der Waals surface area contributed by atoms with E-state index in [9.17, 15) is 17.6 Å². The molecule has 2 rings (SSSR count). The van der Waals surface area contributed by atoms with Gasteiger partial charge in [-0.2, -0.15) is 0 Å². The van der Waals surface area contributed by atoms with Gasteiger partial charge in [0.25, 0.3) is 0 Å². The lowest BCUT2D eigenvalue weighted by Crippen LogP contribution is -2.19. The van der Waals surface area contributed by atoms with Crippen LogP contribution in [-0.2, 0) is 14.8 Å². The smallest absolute Gasteiger partial charge is 0.248 e. The maximum atomic E-state index is 13.7. The molecule has 0 saturated carbocycles. The largest absolute Gasteiger partial charge is 0.495 e. The van der Waals surface area contributed by atoms with Crippen LogP contribution < -0.4 is 14.8 Å². The van der Waals surface area contributed by atoms with Crippen molar-refractivity contribution >= 4 is 43.6 Å². The Labute approximate surface area is 159 Å². The standard InChI is InChI=1S/C17H16BrFN2O4S/c1-20-26(23,24)16-9-11(3-7-15(16)25-2)4-8-17(22)21-14-6-5-12(18)10-13(14)19/h3-10,20H,1-2H3,(H,21,22)/b8-4+. The molecule has 2 aromatic carbocycles. The Morgan fingerprint density at radius 1 is 1.23 bits per heavy atom. The van der Waals surface area contributed by atoms with Crippen molar-refractivity contribution in [2.24, 2.45) is 0 Å². The van der Waals surface area contributed by atoms with Crippen molar-refractivity contribution in [2.75, 3.05) is 19.5 Å². The second-order valence-electron chi connectivity index (χ2n) is 5.06. The molecule has 138 valence electrons. The number of amides is 1. The van der Waals surface area contributed by atoms with Crippen LogP contribution in [0, 0.1) is 5.82 Å². The van der Waals surface area contributed by atoms with Gasteiger partial charge in [-0.1, -0.05) is 22.0 Å². The van der Waals surface area contributed by atoms with Crippen molar-refractivity contribution in [3.63, 3.8) is 0 Å². The molecule has 0 saturated heterocycles. The number of hydrogen-bond donors (Lipinski definition) is 2. The minimum absolute atomic E-state index is 0.0380. The van der Waals surface area contributed by atoms with Crippen LogP contribution in [0.5, 0.6) is 5.75 Å². The number of ether oxygens (including phenoxy) is 1. The molecule has 0 aromatic heterocycles. The molecule has 6 nitrogen and oxygen atoms in total. The number of methoxy groups -OCH3 is 1. The van der Waals surface area contributed by atoms with Crippen LogP contribution in [0.1, 0.15) is 5.56 Å². The Balaban J connectivity index is 2.22. The van der Waals surface area contributed by atoms with Crippen molar-refractivity contribution in [2.45, 2.75) is 4.90 Å². The highest BCUT2D eigenvalue weighted by atomic mass is 79.9. The molecule has 0 bridgehead atoms. The third-order valence-corrected chi connectivity index (χ3v) is 5.29. The van der Waals surface area contributed by atoms with Gasteiger partial charge in [0.1, 0.15) is 16.5 Å². The van der Waals surface area contributed by atoms with E-state index < -0.39 is 21.7 Å². The molecular weight excluding hydrogens is 427 g/mol. The molecule has 0 heterocycles. The molecule has 26 heavy (non-hydrogen) atoms. The highest BCUT2D eigenvalue weighted by Gasteiger charge is 2.17. The number of nitrogens with one attached hydrogen (secondary N) is 2. The van der Waals surface area contributed by atoms with Crippen LogP contribution in [0.2, 0.25) is 0 Å². The van der Waals surface area contributed by atoms with Crippen LogP contribution >= 0.6 is 15.9 Å². The third-order valence-electron chi connectivity index (χ3n) is 3.36.